The summed E-state index contributed by atoms with van der Waals surface area (Å²) in [5.74, 6) is 0. The first kappa shape index (κ1) is 11.0. The molecule has 1 unspecified atom stereocenters. The van der Waals surface area contributed by atoms with Crippen LogP contribution in [0.2, 0.25) is 0 Å². The van der Waals surface area contributed by atoms with Gasteiger partial charge in [0.15, 0.2) is 0 Å². The van der Waals surface area contributed by atoms with Crippen LogP contribution in [-0.2, 0) is 4.74 Å². The van der Waals surface area contributed by atoms with Crippen molar-refractivity contribution in [3.05, 3.63) is 0 Å². The molecule has 0 aromatic heterocycles. The average molecular weight is 158 g/mol. The van der Waals surface area contributed by atoms with E-state index in [-0.39, 0.29) is 0 Å². The fourth-order valence-corrected chi connectivity index (χ4v) is 1.57. The summed E-state index contributed by atoms with van der Waals surface area (Å²) in [7, 11) is 1.81. The summed E-state index contributed by atoms with van der Waals surface area (Å²) in [6.45, 7) is 8.62. The highest BCUT2D eigenvalue weighted by atomic mass is 16.5. The van der Waals surface area contributed by atoms with Crippen molar-refractivity contribution in [3.63, 3.8) is 0 Å². The van der Waals surface area contributed by atoms with E-state index in [0.717, 1.165) is 0 Å². The maximum atomic E-state index is 5.25. The second-order valence-corrected chi connectivity index (χ2v) is 3.76. The summed E-state index contributed by atoms with van der Waals surface area (Å²) in [6.07, 6.45) is 4.36. The largest absolute Gasteiger partial charge is 0.381 e. The minimum Gasteiger partial charge on any atom is -0.381 e. The van der Waals surface area contributed by atoms with Gasteiger partial charge in [0.05, 0.1) is 6.10 Å². The summed E-state index contributed by atoms with van der Waals surface area (Å²) in [5, 5.41) is 0. The molecule has 68 valence electrons. The maximum absolute atomic E-state index is 5.25. The zero-order valence-electron chi connectivity index (χ0n) is 8.61. The summed E-state index contributed by atoms with van der Waals surface area (Å²) < 4.78 is 5.25. The predicted molar refractivity (Wildman–Crippen MR) is 49.8 cm³/mol. The Hall–Kier alpha value is -0.0400. The van der Waals surface area contributed by atoms with Crippen molar-refractivity contribution >= 4 is 0 Å². The van der Waals surface area contributed by atoms with Gasteiger partial charge in [-0.2, -0.15) is 0 Å². The molecule has 1 aliphatic rings. The Morgan fingerprint density at radius 3 is 2.00 bits per heavy atom. The molecular weight excluding hydrogens is 136 g/mol. The number of rotatable bonds is 1. The lowest BCUT2D eigenvalue weighted by molar-refractivity contribution is 0.0995. The minimum absolute atomic E-state index is 0.542. The Balaban J connectivity index is 0.000000461. The second-order valence-electron chi connectivity index (χ2n) is 3.76. The Kier molecular flexibility index (Phi) is 4.74. The van der Waals surface area contributed by atoms with Gasteiger partial charge in [-0.15, -0.1) is 0 Å². The van der Waals surface area contributed by atoms with Crippen LogP contribution in [0.15, 0.2) is 0 Å². The third-order valence-electron chi connectivity index (χ3n) is 2.26. The monoisotopic (exact) mass is 158 g/mol. The molecule has 11 heavy (non-hydrogen) atoms. The summed E-state index contributed by atoms with van der Waals surface area (Å²) >= 11 is 0. The third kappa shape index (κ3) is 3.76. The number of ether oxygens (including phenoxy) is 1. The molecule has 1 saturated carbocycles. The average Bonchev–Trinajstić information content (AvgIpc) is 2.34. The van der Waals surface area contributed by atoms with E-state index in [4.69, 9.17) is 4.74 Å². The van der Waals surface area contributed by atoms with E-state index in [1.165, 1.54) is 19.3 Å². The Bertz CT molecular complexity index is 97.0. The summed E-state index contributed by atoms with van der Waals surface area (Å²) in [6, 6.07) is 0. The summed E-state index contributed by atoms with van der Waals surface area (Å²) in [5.41, 5.74) is 0.542. The minimum atomic E-state index is 0.542. The topological polar surface area (TPSA) is 9.23 Å². The quantitative estimate of drug-likeness (QED) is 0.569. The van der Waals surface area contributed by atoms with E-state index in [2.05, 4.69) is 13.8 Å². The molecule has 0 heterocycles. The van der Waals surface area contributed by atoms with Gasteiger partial charge in [-0.1, -0.05) is 27.7 Å². The van der Waals surface area contributed by atoms with Crippen LogP contribution in [-0.4, -0.2) is 13.2 Å². The van der Waals surface area contributed by atoms with Gasteiger partial charge in [0, 0.05) is 7.11 Å². The predicted octanol–water partition coefficient (Wildman–Crippen LogP) is 3.24. The van der Waals surface area contributed by atoms with Crippen molar-refractivity contribution in [2.75, 3.05) is 7.11 Å². The Morgan fingerprint density at radius 1 is 1.27 bits per heavy atom. The molecule has 0 aromatic rings. The first-order chi connectivity index (χ1) is 5.14. The van der Waals surface area contributed by atoms with Crippen molar-refractivity contribution in [1.29, 1.82) is 0 Å². The van der Waals surface area contributed by atoms with Crippen LogP contribution >= 0.6 is 0 Å². The van der Waals surface area contributed by atoms with Crippen LogP contribution in [0.5, 0.6) is 0 Å². The summed E-state index contributed by atoms with van der Waals surface area (Å²) in [4.78, 5) is 0. The molecule has 0 aliphatic heterocycles. The van der Waals surface area contributed by atoms with Crippen molar-refractivity contribution in [2.24, 2.45) is 5.41 Å². The van der Waals surface area contributed by atoms with E-state index in [1.807, 2.05) is 21.0 Å². The molecule has 0 radical (unpaired) electrons. The number of hydrogen-bond donors (Lipinski definition) is 0. The van der Waals surface area contributed by atoms with Gasteiger partial charge in [-0.25, -0.2) is 0 Å². The van der Waals surface area contributed by atoms with Crippen LogP contribution in [0.25, 0.3) is 0 Å². The highest BCUT2D eigenvalue weighted by Crippen LogP contribution is 2.37. The molecule has 1 nitrogen and oxygen atoms in total. The van der Waals surface area contributed by atoms with Gasteiger partial charge in [0.2, 0.25) is 0 Å². The molecule has 0 amide bonds. The Morgan fingerprint density at radius 2 is 1.82 bits per heavy atom. The molecule has 1 rings (SSSR count). The number of hydrogen-bond acceptors (Lipinski definition) is 1. The van der Waals surface area contributed by atoms with E-state index in [0.29, 0.717) is 11.5 Å². The third-order valence-corrected chi connectivity index (χ3v) is 2.26. The molecule has 0 aromatic carbocycles. The molecule has 1 fully saturated rings. The first-order valence-corrected chi connectivity index (χ1v) is 4.67. The van der Waals surface area contributed by atoms with Crippen LogP contribution in [0, 0.1) is 5.41 Å². The molecule has 0 bridgehead atoms. The van der Waals surface area contributed by atoms with Crippen LogP contribution in [0.1, 0.15) is 47.0 Å². The van der Waals surface area contributed by atoms with E-state index in [9.17, 15) is 0 Å². The lowest BCUT2D eigenvalue weighted by atomic mass is 9.92. The zero-order valence-corrected chi connectivity index (χ0v) is 8.61. The fourth-order valence-electron chi connectivity index (χ4n) is 1.57. The fraction of sp³-hybridized carbons (Fsp3) is 1.00. The van der Waals surface area contributed by atoms with Crippen LogP contribution in [0.4, 0.5) is 0 Å². The lowest BCUT2D eigenvalue weighted by Crippen LogP contribution is -2.09. The molecule has 0 N–H and O–H groups in total. The highest BCUT2D eigenvalue weighted by Gasteiger charge is 2.30. The zero-order chi connectivity index (χ0) is 8.91. The normalized spacial score (nSPS) is 27.5. The second kappa shape index (κ2) is 4.76. The standard InChI is InChI=1S/C8H16O.C2H6/c1-8(2)5-4-7(6-8)9-3;1-2/h7H,4-6H2,1-3H3;1-2H3. The van der Waals surface area contributed by atoms with Gasteiger partial charge in [0.25, 0.3) is 0 Å². The van der Waals surface area contributed by atoms with Crippen molar-refractivity contribution in [2.45, 2.75) is 53.1 Å². The van der Waals surface area contributed by atoms with E-state index in [1.54, 1.807) is 0 Å². The van der Waals surface area contributed by atoms with Crippen molar-refractivity contribution in [3.8, 4) is 0 Å². The molecule has 0 saturated heterocycles. The maximum Gasteiger partial charge on any atom is 0.0576 e. The van der Waals surface area contributed by atoms with Crippen LogP contribution < -0.4 is 0 Å². The molecule has 1 heteroatoms. The Labute approximate surface area is 71.1 Å². The smallest absolute Gasteiger partial charge is 0.0576 e. The molecule has 0 spiro atoms. The molecule has 1 aliphatic carbocycles. The first-order valence-electron chi connectivity index (χ1n) is 4.67. The molecular formula is C10H22O. The SMILES string of the molecule is CC.COC1CCC(C)(C)C1. The lowest BCUT2D eigenvalue weighted by Gasteiger charge is -2.15. The van der Waals surface area contributed by atoms with Gasteiger partial charge in [0.1, 0.15) is 0 Å². The van der Waals surface area contributed by atoms with Crippen LogP contribution in [0.3, 0.4) is 0 Å². The van der Waals surface area contributed by atoms with Gasteiger partial charge >= 0.3 is 0 Å². The van der Waals surface area contributed by atoms with Crippen molar-refractivity contribution < 1.29 is 4.74 Å². The van der Waals surface area contributed by atoms with Gasteiger partial charge < -0.3 is 4.74 Å². The molecule has 1 atom stereocenters. The number of methoxy groups -OCH3 is 1. The highest BCUT2D eigenvalue weighted by molar-refractivity contribution is 4.82. The van der Waals surface area contributed by atoms with Gasteiger partial charge in [-0.05, 0) is 24.7 Å². The van der Waals surface area contributed by atoms with Crippen molar-refractivity contribution in [1.82, 2.24) is 0 Å². The van der Waals surface area contributed by atoms with E-state index >= 15 is 0 Å². The van der Waals surface area contributed by atoms with Gasteiger partial charge in [-0.3, -0.25) is 0 Å². The van der Waals surface area contributed by atoms with E-state index < -0.39 is 0 Å².